The number of nitrogens with two attached hydrogens (primary N) is 2. The summed E-state index contributed by atoms with van der Waals surface area (Å²) in [4.78, 5) is 0. The molecule has 0 saturated carbocycles. The Morgan fingerprint density at radius 1 is 0.667 bits per heavy atom. The summed E-state index contributed by atoms with van der Waals surface area (Å²) in [6.45, 7) is 1.91. The van der Waals surface area contributed by atoms with Gasteiger partial charge in [0.05, 0.1) is 0 Å². The van der Waals surface area contributed by atoms with Crippen LogP contribution in [0.15, 0.2) is 48.5 Å². The van der Waals surface area contributed by atoms with E-state index in [1.165, 1.54) is 0 Å². The summed E-state index contributed by atoms with van der Waals surface area (Å²) in [5.41, 5.74) is 15.1. The Labute approximate surface area is 130 Å². The van der Waals surface area contributed by atoms with Crippen molar-refractivity contribution in [3.05, 3.63) is 48.5 Å². The first-order chi connectivity index (χ1) is 10.2. The first-order valence-electron chi connectivity index (χ1n) is 7.00. The molecule has 0 radical (unpaired) electrons. The van der Waals surface area contributed by atoms with E-state index in [9.17, 15) is 0 Å². The van der Waals surface area contributed by atoms with Gasteiger partial charge in [-0.25, -0.2) is 0 Å². The largest absolute Gasteiger partial charge is 0.399 e. The van der Waals surface area contributed by atoms with Crippen LogP contribution in [-0.4, -0.2) is 24.6 Å². The molecule has 0 atom stereocenters. The summed E-state index contributed by atoms with van der Waals surface area (Å²) >= 11 is 1.92. The molecule has 4 nitrogen and oxygen atoms in total. The molecule has 0 aliphatic carbocycles. The van der Waals surface area contributed by atoms with Crippen molar-refractivity contribution in [1.29, 1.82) is 0 Å². The average Bonchev–Trinajstić information content (AvgIpc) is 2.50. The van der Waals surface area contributed by atoms with Gasteiger partial charge in [-0.15, -0.1) is 0 Å². The van der Waals surface area contributed by atoms with Gasteiger partial charge in [0.2, 0.25) is 0 Å². The Morgan fingerprint density at radius 2 is 1.05 bits per heavy atom. The number of hydrogen-bond acceptors (Lipinski definition) is 5. The predicted octanol–water partition coefficient (Wildman–Crippen LogP) is 3.11. The first kappa shape index (κ1) is 15.4. The van der Waals surface area contributed by atoms with Crippen molar-refractivity contribution in [3.8, 4) is 0 Å². The van der Waals surface area contributed by atoms with E-state index in [0.717, 1.165) is 47.3 Å². The van der Waals surface area contributed by atoms with Gasteiger partial charge in [-0.2, -0.15) is 11.8 Å². The average molecular weight is 302 g/mol. The highest BCUT2D eigenvalue weighted by molar-refractivity contribution is 7.99. The van der Waals surface area contributed by atoms with Crippen LogP contribution in [0.3, 0.4) is 0 Å². The lowest BCUT2D eigenvalue weighted by Gasteiger charge is -2.08. The number of hydrogen-bond donors (Lipinski definition) is 4. The van der Waals surface area contributed by atoms with E-state index in [0.29, 0.717) is 0 Å². The molecule has 112 valence electrons. The maximum absolute atomic E-state index is 5.65. The summed E-state index contributed by atoms with van der Waals surface area (Å²) in [5, 5.41) is 6.75. The minimum Gasteiger partial charge on any atom is -0.399 e. The van der Waals surface area contributed by atoms with E-state index in [2.05, 4.69) is 10.6 Å². The smallest absolute Gasteiger partial charge is 0.0341 e. The number of benzene rings is 2. The van der Waals surface area contributed by atoms with Crippen LogP contribution in [0.4, 0.5) is 22.7 Å². The van der Waals surface area contributed by atoms with Crippen molar-refractivity contribution >= 4 is 34.5 Å². The highest BCUT2D eigenvalue weighted by Gasteiger charge is 1.94. The topological polar surface area (TPSA) is 76.1 Å². The highest BCUT2D eigenvalue weighted by atomic mass is 32.2. The van der Waals surface area contributed by atoms with Gasteiger partial charge in [-0.3, -0.25) is 0 Å². The van der Waals surface area contributed by atoms with Gasteiger partial charge in [0.25, 0.3) is 0 Å². The van der Waals surface area contributed by atoms with Crippen molar-refractivity contribution in [1.82, 2.24) is 0 Å². The maximum atomic E-state index is 5.65. The number of anilines is 4. The summed E-state index contributed by atoms with van der Waals surface area (Å²) in [5.74, 6) is 2.15. The molecule has 6 N–H and O–H groups in total. The number of nitrogen functional groups attached to an aromatic ring is 2. The van der Waals surface area contributed by atoms with Gasteiger partial charge >= 0.3 is 0 Å². The molecule has 0 saturated heterocycles. The molecule has 0 spiro atoms. The fraction of sp³-hybridized carbons (Fsp3) is 0.250. The lowest BCUT2D eigenvalue weighted by atomic mass is 10.3. The molecule has 2 aromatic rings. The van der Waals surface area contributed by atoms with E-state index in [1.807, 2.05) is 60.3 Å². The number of rotatable bonds is 8. The Balaban J connectivity index is 1.52. The van der Waals surface area contributed by atoms with Crippen LogP contribution in [0, 0.1) is 0 Å². The molecular formula is C16H22N4S. The van der Waals surface area contributed by atoms with Crippen LogP contribution in [0.5, 0.6) is 0 Å². The molecule has 0 unspecified atom stereocenters. The third-order valence-corrected chi connectivity index (χ3v) is 3.96. The Morgan fingerprint density at radius 3 is 1.43 bits per heavy atom. The summed E-state index contributed by atoms with van der Waals surface area (Å²) in [6, 6.07) is 15.6. The molecule has 2 rings (SSSR count). The standard InChI is InChI=1S/C16H22N4S/c17-13-1-5-15(6-2-13)19-9-11-21-12-10-20-16-7-3-14(18)4-8-16/h1-8,19-20H,9-12,17-18H2. The van der Waals surface area contributed by atoms with Gasteiger partial charge in [0, 0.05) is 47.3 Å². The predicted molar refractivity (Wildman–Crippen MR) is 96.0 cm³/mol. The Hall–Kier alpha value is -2.01. The van der Waals surface area contributed by atoms with E-state index in [-0.39, 0.29) is 0 Å². The van der Waals surface area contributed by atoms with E-state index < -0.39 is 0 Å². The lowest BCUT2D eigenvalue weighted by Crippen LogP contribution is -2.08. The second-order valence-electron chi connectivity index (χ2n) is 4.71. The first-order valence-corrected chi connectivity index (χ1v) is 8.16. The number of nitrogens with one attached hydrogen (secondary N) is 2. The van der Waals surface area contributed by atoms with Gasteiger partial charge in [0.1, 0.15) is 0 Å². The fourth-order valence-electron chi connectivity index (χ4n) is 1.84. The van der Waals surface area contributed by atoms with Crippen LogP contribution >= 0.6 is 11.8 Å². The molecule has 0 amide bonds. The minimum atomic E-state index is 0.795. The molecule has 0 heterocycles. The van der Waals surface area contributed by atoms with E-state index in [1.54, 1.807) is 0 Å². The molecule has 0 fully saturated rings. The Kier molecular flexibility index (Phi) is 6.09. The Bertz CT molecular complexity index is 475. The summed E-state index contributed by atoms with van der Waals surface area (Å²) in [6.07, 6.45) is 0. The van der Waals surface area contributed by atoms with Crippen LogP contribution in [0.25, 0.3) is 0 Å². The highest BCUT2D eigenvalue weighted by Crippen LogP contribution is 2.12. The zero-order chi connectivity index (χ0) is 14.9. The van der Waals surface area contributed by atoms with E-state index >= 15 is 0 Å². The monoisotopic (exact) mass is 302 g/mol. The fourth-order valence-corrected chi connectivity index (χ4v) is 2.54. The SMILES string of the molecule is Nc1ccc(NCCSCCNc2ccc(N)cc2)cc1. The maximum Gasteiger partial charge on any atom is 0.0341 e. The van der Waals surface area contributed by atoms with Crippen LogP contribution in [0.1, 0.15) is 0 Å². The molecule has 0 aliphatic rings. The van der Waals surface area contributed by atoms with Crippen molar-refractivity contribution < 1.29 is 0 Å². The number of thioether (sulfide) groups is 1. The van der Waals surface area contributed by atoms with E-state index in [4.69, 9.17) is 11.5 Å². The lowest BCUT2D eigenvalue weighted by molar-refractivity contribution is 1.20. The van der Waals surface area contributed by atoms with Crippen molar-refractivity contribution in [2.24, 2.45) is 0 Å². The van der Waals surface area contributed by atoms with Crippen molar-refractivity contribution in [2.45, 2.75) is 0 Å². The van der Waals surface area contributed by atoms with Gasteiger partial charge in [-0.1, -0.05) is 0 Å². The zero-order valence-electron chi connectivity index (χ0n) is 12.0. The quantitative estimate of drug-likeness (QED) is 0.445. The van der Waals surface area contributed by atoms with Crippen LogP contribution < -0.4 is 22.1 Å². The van der Waals surface area contributed by atoms with Gasteiger partial charge in [0.15, 0.2) is 0 Å². The molecule has 21 heavy (non-hydrogen) atoms. The normalized spacial score (nSPS) is 10.3. The summed E-state index contributed by atoms with van der Waals surface area (Å²) < 4.78 is 0. The second-order valence-corrected chi connectivity index (χ2v) is 5.93. The molecule has 0 aromatic heterocycles. The van der Waals surface area contributed by atoms with Gasteiger partial charge < -0.3 is 22.1 Å². The van der Waals surface area contributed by atoms with Crippen LogP contribution in [0.2, 0.25) is 0 Å². The minimum absolute atomic E-state index is 0.795. The molecule has 2 aromatic carbocycles. The van der Waals surface area contributed by atoms with Crippen molar-refractivity contribution in [2.75, 3.05) is 46.7 Å². The summed E-state index contributed by atoms with van der Waals surface area (Å²) in [7, 11) is 0. The third kappa shape index (κ3) is 5.87. The second kappa shape index (κ2) is 8.32. The molecule has 0 aliphatic heterocycles. The molecular weight excluding hydrogens is 280 g/mol. The van der Waals surface area contributed by atoms with Gasteiger partial charge in [-0.05, 0) is 48.5 Å². The third-order valence-electron chi connectivity index (χ3n) is 2.97. The van der Waals surface area contributed by atoms with Crippen LogP contribution in [-0.2, 0) is 0 Å². The van der Waals surface area contributed by atoms with Crippen molar-refractivity contribution in [3.63, 3.8) is 0 Å². The molecule has 0 bridgehead atoms. The zero-order valence-corrected chi connectivity index (χ0v) is 12.8. The molecule has 5 heteroatoms.